The van der Waals surface area contributed by atoms with Gasteiger partial charge in [0.25, 0.3) is 0 Å². The van der Waals surface area contributed by atoms with Crippen LogP contribution in [-0.4, -0.2) is 0 Å². The molecule has 0 aromatic heterocycles. The second-order valence-corrected chi connectivity index (χ2v) is 8.33. The Bertz CT molecular complexity index is 1300. The lowest BCUT2D eigenvalue weighted by Gasteiger charge is -2.11. The molecule has 0 heterocycles. The summed E-state index contributed by atoms with van der Waals surface area (Å²) in [6, 6.07) is 33.8. The zero-order chi connectivity index (χ0) is 20.7. The maximum atomic E-state index is 3.36. The minimum Gasteiger partial charge on any atom is -0.0622 e. The maximum absolute atomic E-state index is 3.36. The van der Waals surface area contributed by atoms with Crippen molar-refractivity contribution in [3.63, 3.8) is 0 Å². The third-order valence-electron chi connectivity index (χ3n) is 6.36. The Morgan fingerprint density at radius 3 is 1.29 bits per heavy atom. The fourth-order valence-electron chi connectivity index (χ4n) is 4.65. The van der Waals surface area contributed by atoms with Gasteiger partial charge >= 0.3 is 0 Å². The van der Waals surface area contributed by atoms with Crippen LogP contribution in [0.25, 0.3) is 11.1 Å². The third-order valence-corrected chi connectivity index (χ3v) is 6.36. The van der Waals surface area contributed by atoms with Crippen LogP contribution in [-0.2, 0) is 5.41 Å². The fraction of sp³-hybridized carbons (Fsp3) is 0.0968. The van der Waals surface area contributed by atoms with E-state index in [4.69, 9.17) is 0 Å². The van der Waals surface area contributed by atoms with E-state index in [1.807, 2.05) is 36.4 Å². The number of fused-ring (bicyclic) bond motifs is 5. The van der Waals surface area contributed by atoms with Crippen LogP contribution in [0.15, 0.2) is 97.1 Å². The van der Waals surface area contributed by atoms with Crippen LogP contribution in [0, 0.1) is 23.7 Å². The fourth-order valence-corrected chi connectivity index (χ4v) is 4.65. The van der Waals surface area contributed by atoms with E-state index in [0.717, 1.165) is 22.3 Å². The molecule has 1 spiro atoms. The Labute approximate surface area is 183 Å². The predicted octanol–water partition coefficient (Wildman–Crippen LogP) is 6.55. The number of hydrogen-bond acceptors (Lipinski definition) is 0. The highest BCUT2D eigenvalue weighted by molar-refractivity contribution is 5.84. The molecular formula is C31H20. The van der Waals surface area contributed by atoms with Crippen molar-refractivity contribution < 1.29 is 0 Å². The molecule has 0 bridgehead atoms. The van der Waals surface area contributed by atoms with Gasteiger partial charge in [0.15, 0.2) is 0 Å². The zero-order valence-corrected chi connectivity index (χ0v) is 17.2. The van der Waals surface area contributed by atoms with Crippen molar-refractivity contribution in [3.05, 3.63) is 130 Å². The van der Waals surface area contributed by atoms with Gasteiger partial charge in [0, 0.05) is 27.7 Å². The van der Waals surface area contributed by atoms with E-state index in [1.165, 1.54) is 35.1 Å². The SMILES string of the molecule is C(#Cc1ccc2c(c1)C1(CC1)c1cc(C#Cc3ccccc3)ccc1-2)c1ccccc1. The molecule has 0 N–H and O–H groups in total. The zero-order valence-electron chi connectivity index (χ0n) is 17.2. The number of rotatable bonds is 0. The van der Waals surface area contributed by atoms with Gasteiger partial charge in [-0.15, -0.1) is 0 Å². The first-order valence-corrected chi connectivity index (χ1v) is 10.8. The van der Waals surface area contributed by atoms with Crippen molar-refractivity contribution in [2.75, 3.05) is 0 Å². The van der Waals surface area contributed by atoms with Crippen LogP contribution < -0.4 is 0 Å². The van der Waals surface area contributed by atoms with Crippen molar-refractivity contribution in [2.24, 2.45) is 0 Å². The highest BCUT2D eigenvalue weighted by atomic mass is 14.5. The first kappa shape index (κ1) is 17.8. The van der Waals surface area contributed by atoms with Gasteiger partial charge in [-0.3, -0.25) is 0 Å². The molecule has 0 saturated heterocycles. The van der Waals surface area contributed by atoms with Gasteiger partial charge in [-0.1, -0.05) is 72.2 Å². The van der Waals surface area contributed by atoms with Crippen molar-refractivity contribution in [1.82, 2.24) is 0 Å². The van der Waals surface area contributed by atoms with Crippen LogP contribution in [0.2, 0.25) is 0 Å². The lowest BCUT2D eigenvalue weighted by atomic mass is 9.92. The smallest absolute Gasteiger partial charge is 0.0252 e. The minimum absolute atomic E-state index is 0.166. The molecule has 0 aliphatic heterocycles. The molecule has 4 aromatic rings. The van der Waals surface area contributed by atoms with Crippen molar-refractivity contribution in [1.29, 1.82) is 0 Å². The molecule has 1 saturated carbocycles. The average molecular weight is 393 g/mol. The van der Waals surface area contributed by atoms with Crippen molar-refractivity contribution in [3.8, 4) is 34.8 Å². The van der Waals surface area contributed by atoms with Crippen LogP contribution in [0.1, 0.15) is 46.2 Å². The van der Waals surface area contributed by atoms with Crippen LogP contribution >= 0.6 is 0 Å². The van der Waals surface area contributed by atoms with E-state index in [0.29, 0.717) is 0 Å². The van der Waals surface area contributed by atoms with E-state index < -0.39 is 0 Å². The second-order valence-electron chi connectivity index (χ2n) is 8.33. The van der Waals surface area contributed by atoms with E-state index in [2.05, 4.69) is 84.3 Å². The standard InChI is InChI=1S/C31H20/c1-3-7-23(8-4-1)11-13-25-15-17-27-28-18-16-26(14-12-24-9-5-2-6-10-24)22-30(28)31(19-20-31)29(27)21-25/h1-10,15-18,21-22H,19-20H2. The summed E-state index contributed by atoms with van der Waals surface area (Å²) in [5, 5.41) is 0. The predicted molar refractivity (Wildman–Crippen MR) is 127 cm³/mol. The molecule has 31 heavy (non-hydrogen) atoms. The summed E-state index contributed by atoms with van der Waals surface area (Å²) in [5.74, 6) is 13.3. The monoisotopic (exact) mass is 392 g/mol. The van der Waals surface area contributed by atoms with Crippen LogP contribution in [0.4, 0.5) is 0 Å². The van der Waals surface area contributed by atoms with E-state index in [9.17, 15) is 0 Å². The highest BCUT2D eigenvalue weighted by Crippen LogP contribution is 2.62. The first-order valence-electron chi connectivity index (χ1n) is 10.8. The van der Waals surface area contributed by atoms with Gasteiger partial charge in [-0.25, -0.2) is 0 Å². The molecule has 2 aliphatic carbocycles. The average Bonchev–Trinajstić information content (AvgIpc) is 3.60. The molecule has 0 unspecified atom stereocenters. The van der Waals surface area contributed by atoms with Crippen molar-refractivity contribution in [2.45, 2.75) is 18.3 Å². The third kappa shape index (κ3) is 3.15. The Morgan fingerprint density at radius 2 is 0.871 bits per heavy atom. The van der Waals surface area contributed by atoms with Gasteiger partial charge in [-0.2, -0.15) is 0 Å². The van der Waals surface area contributed by atoms with Crippen LogP contribution in [0.3, 0.4) is 0 Å². The Hall–Kier alpha value is -4.00. The Morgan fingerprint density at radius 1 is 0.452 bits per heavy atom. The second kappa shape index (κ2) is 7.05. The summed E-state index contributed by atoms with van der Waals surface area (Å²) in [6.45, 7) is 0. The molecule has 0 heteroatoms. The summed E-state index contributed by atoms with van der Waals surface area (Å²) in [7, 11) is 0. The Kier molecular flexibility index (Phi) is 4.06. The summed E-state index contributed by atoms with van der Waals surface area (Å²) in [6.07, 6.45) is 2.41. The maximum Gasteiger partial charge on any atom is 0.0252 e. The number of hydrogen-bond donors (Lipinski definition) is 0. The van der Waals surface area contributed by atoms with Gasteiger partial charge in [0.2, 0.25) is 0 Å². The van der Waals surface area contributed by atoms with E-state index in [1.54, 1.807) is 0 Å². The topological polar surface area (TPSA) is 0 Å². The highest BCUT2D eigenvalue weighted by Gasteiger charge is 2.52. The van der Waals surface area contributed by atoms with Gasteiger partial charge < -0.3 is 0 Å². The number of benzene rings is 4. The lowest BCUT2D eigenvalue weighted by Crippen LogP contribution is -2.04. The molecule has 0 atom stereocenters. The van der Waals surface area contributed by atoms with Crippen LogP contribution in [0.5, 0.6) is 0 Å². The largest absolute Gasteiger partial charge is 0.0622 e. The van der Waals surface area contributed by atoms with Gasteiger partial charge in [0.1, 0.15) is 0 Å². The summed E-state index contributed by atoms with van der Waals surface area (Å²) >= 11 is 0. The van der Waals surface area contributed by atoms with E-state index >= 15 is 0 Å². The quantitative estimate of drug-likeness (QED) is 0.298. The molecule has 1 fully saturated rings. The molecule has 4 aromatic carbocycles. The van der Waals surface area contributed by atoms with Gasteiger partial charge in [-0.05, 0) is 83.6 Å². The molecule has 0 nitrogen and oxygen atoms in total. The van der Waals surface area contributed by atoms with Crippen molar-refractivity contribution >= 4 is 0 Å². The van der Waals surface area contributed by atoms with E-state index in [-0.39, 0.29) is 5.41 Å². The minimum atomic E-state index is 0.166. The summed E-state index contributed by atoms with van der Waals surface area (Å²) in [5.41, 5.74) is 10.0. The molecule has 6 rings (SSSR count). The summed E-state index contributed by atoms with van der Waals surface area (Å²) in [4.78, 5) is 0. The van der Waals surface area contributed by atoms with Gasteiger partial charge in [0.05, 0.1) is 0 Å². The normalized spacial score (nSPS) is 13.9. The Balaban J connectivity index is 1.36. The molecule has 0 amide bonds. The molecular weight excluding hydrogens is 372 g/mol. The lowest BCUT2D eigenvalue weighted by molar-refractivity contribution is 0.878. The molecule has 144 valence electrons. The first-order chi connectivity index (χ1) is 15.3. The molecule has 2 aliphatic rings. The summed E-state index contributed by atoms with van der Waals surface area (Å²) < 4.78 is 0. The molecule has 0 radical (unpaired) electrons.